The number of nitrogens with one attached hydrogen (secondary N) is 1. The van der Waals surface area contributed by atoms with Crippen LogP contribution in [-0.2, 0) is 4.79 Å². The van der Waals surface area contributed by atoms with Gasteiger partial charge in [-0.2, -0.15) is 0 Å². The van der Waals surface area contributed by atoms with E-state index < -0.39 is 0 Å². The molecule has 0 bridgehead atoms. The average molecular weight is 436 g/mol. The first kappa shape index (κ1) is 22.1. The largest absolute Gasteiger partial charge is 0.493 e. The van der Waals surface area contributed by atoms with Gasteiger partial charge < -0.3 is 14.5 Å². The van der Waals surface area contributed by atoms with Crippen molar-refractivity contribution in [2.24, 2.45) is 0 Å². The van der Waals surface area contributed by atoms with Gasteiger partial charge in [-0.15, -0.1) is 0 Å². The summed E-state index contributed by atoms with van der Waals surface area (Å²) in [6.07, 6.45) is 9.04. The van der Waals surface area contributed by atoms with E-state index in [0.717, 1.165) is 57.4 Å². The fourth-order valence-electron chi connectivity index (χ4n) is 4.56. The zero-order valence-electron chi connectivity index (χ0n) is 19.0. The van der Waals surface area contributed by atoms with Crippen molar-refractivity contribution in [3.8, 4) is 16.9 Å². The maximum Gasteiger partial charge on any atom is 0.244 e. The van der Waals surface area contributed by atoms with Crippen LogP contribution in [0.1, 0.15) is 57.1 Å². The van der Waals surface area contributed by atoms with E-state index in [0.29, 0.717) is 6.61 Å². The molecule has 1 saturated carbocycles. The standard InChI is InChI=1S/C27H30FNO3/c1-4-31-26-18(3)27-23(24(16-32-27)19-10-12-20(28)13-11-19)15-22(26)17(2)14-25(30)29-21-8-6-5-7-9-21/h10-16,21H,4-9H2,1-3H3,(H,29,30)/b17-14+. The van der Waals surface area contributed by atoms with Crippen molar-refractivity contribution in [3.05, 3.63) is 59.6 Å². The molecule has 1 aromatic heterocycles. The number of allylic oxidation sites excluding steroid dienone is 1. The van der Waals surface area contributed by atoms with Crippen LogP contribution in [0.2, 0.25) is 0 Å². The van der Waals surface area contributed by atoms with Gasteiger partial charge in [0.1, 0.15) is 17.1 Å². The minimum absolute atomic E-state index is 0.0689. The predicted molar refractivity (Wildman–Crippen MR) is 126 cm³/mol. The molecule has 0 radical (unpaired) electrons. The van der Waals surface area contributed by atoms with Crippen molar-refractivity contribution in [2.75, 3.05) is 6.61 Å². The maximum atomic E-state index is 13.4. The number of carbonyl (C=O) groups is 1. The van der Waals surface area contributed by atoms with Gasteiger partial charge in [-0.25, -0.2) is 4.39 Å². The number of hydrogen-bond donors (Lipinski definition) is 1. The monoisotopic (exact) mass is 435 g/mol. The molecule has 5 heteroatoms. The highest BCUT2D eigenvalue weighted by Gasteiger charge is 2.20. The van der Waals surface area contributed by atoms with Crippen molar-refractivity contribution in [1.29, 1.82) is 0 Å². The van der Waals surface area contributed by atoms with E-state index in [1.165, 1.54) is 31.4 Å². The van der Waals surface area contributed by atoms with E-state index in [-0.39, 0.29) is 17.8 Å². The first-order valence-electron chi connectivity index (χ1n) is 11.4. The van der Waals surface area contributed by atoms with Crippen LogP contribution >= 0.6 is 0 Å². The van der Waals surface area contributed by atoms with Crippen LogP contribution in [0, 0.1) is 12.7 Å². The van der Waals surface area contributed by atoms with Gasteiger partial charge in [0, 0.05) is 34.2 Å². The van der Waals surface area contributed by atoms with Crippen LogP contribution in [0.5, 0.6) is 5.75 Å². The Hall–Kier alpha value is -3.08. The molecule has 1 fully saturated rings. The lowest BCUT2D eigenvalue weighted by Gasteiger charge is -2.22. The van der Waals surface area contributed by atoms with Crippen LogP contribution in [0.4, 0.5) is 4.39 Å². The molecular formula is C27H30FNO3. The van der Waals surface area contributed by atoms with E-state index in [9.17, 15) is 9.18 Å². The molecule has 0 spiro atoms. The van der Waals surface area contributed by atoms with Crippen LogP contribution in [0.15, 0.2) is 47.1 Å². The topological polar surface area (TPSA) is 51.5 Å². The second-order valence-electron chi connectivity index (χ2n) is 8.52. The van der Waals surface area contributed by atoms with Crippen molar-refractivity contribution < 1.29 is 18.3 Å². The summed E-state index contributed by atoms with van der Waals surface area (Å²) < 4.78 is 25.3. The second kappa shape index (κ2) is 9.60. The number of carbonyl (C=O) groups excluding carboxylic acids is 1. The third-order valence-electron chi connectivity index (χ3n) is 6.21. The van der Waals surface area contributed by atoms with Gasteiger partial charge in [-0.1, -0.05) is 31.4 Å². The summed E-state index contributed by atoms with van der Waals surface area (Å²) in [6, 6.07) is 8.63. The number of amides is 1. The smallest absolute Gasteiger partial charge is 0.244 e. The average Bonchev–Trinajstić information content (AvgIpc) is 3.21. The highest BCUT2D eigenvalue weighted by Crippen LogP contribution is 2.40. The zero-order valence-corrected chi connectivity index (χ0v) is 19.0. The summed E-state index contributed by atoms with van der Waals surface area (Å²) in [5.74, 6) is 0.375. The highest BCUT2D eigenvalue weighted by atomic mass is 19.1. The lowest BCUT2D eigenvalue weighted by Crippen LogP contribution is -2.35. The summed E-state index contributed by atoms with van der Waals surface area (Å²) in [5, 5.41) is 4.06. The van der Waals surface area contributed by atoms with Crippen molar-refractivity contribution >= 4 is 22.4 Å². The Bertz CT molecular complexity index is 1140. The number of aryl methyl sites for hydroxylation is 1. The fourth-order valence-corrected chi connectivity index (χ4v) is 4.56. The molecule has 1 heterocycles. The van der Waals surface area contributed by atoms with Crippen LogP contribution in [0.3, 0.4) is 0 Å². The second-order valence-corrected chi connectivity index (χ2v) is 8.52. The molecule has 2 aromatic carbocycles. The Balaban J connectivity index is 1.74. The van der Waals surface area contributed by atoms with Gasteiger partial charge in [0.15, 0.2) is 0 Å². The van der Waals surface area contributed by atoms with E-state index in [1.54, 1.807) is 24.5 Å². The quantitative estimate of drug-likeness (QED) is 0.433. The molecule has 4 nitrogen and oxygen atoms in total. The molecular weight excluding hydrogens is 405 g/mol. The lowest BCUT2D eigenvalue weighted by atomic mass is 9.95. The molecule has 168 valence electrons. The first-order valence-corrected chi connectivity index (χ1v) is 11.4. The first-order chi connectivity index (χ1) is 15.5. The molecule has 1 amide bonds. The Kier molecular flexibility index (Phi) is 6.63. The molecule has 0 aliphatic heterocycles. The van der Waals surface area contributed by atoms with Crippen LogP contribution in [0.25, 0.3) is 27.7 Å². The van der Waals surface area contributed by atoms with Gasteiger partial charge in [-0.05, 0) is 62.9 Å². The third kappa shape index (κ3) is 4.57. The minimum atomic E-state index is -0.278. The Morgan fingerprint density at radius 2 is 1.94 bits per heavy atom. The van der Waals surface area contributed by atoms with E-state index in [2.05, 4.69) is 5.32 Å². The van der Waals surface area contributed by atoms with Crippen molar-refractivity contribution in [1.82, 2.24) is 5.32 Å². The van der Waals surface area contributed by atoms with E-state index in [4.69, 9.17) is 9.15 Å². The maximum absolute atomic E-state index is 13.4. The summed E-state index contributed by atoms with van der Waals surface area (Å²) in [4.78, 5) is 12.7. The zero-order chi connectivity index (χ0) is 22.7. The third-order valence-corrected chi connectivity index (χ3v) is 6.21. The van der Waals surface area contributed by atoms with Crippen molar-refractivity contribution in [2.45, 2.75) is 58.9 Å². The number of halogens is 1. The number of rotatable bonds is 6. The van der Waals surface area contributed by atoms with Crippen LogP contribution in [-0.4, -0.2) is 18.6 Å². The van der Waals surface area contributed by atoms with E-state index in [1.807, 2.05) is 26.8 Å². The summed E-state index contributed by atoms with van der Waals surface area (Å²) in [5.41, 5.74) is 5.06. The van der Waals surface area contributed by atoms with Gasteiger partial charge in [-0.3, -0.25) is 4.79 Å². The van der Waals surface area contributed by atoms with Gasteiger partial charge >= 0.3 is 0 Å². The Labute approximate surface area is 188 Å². The Morgan fingerprint density at radius 1 is 1.22 bits per heavy atom. The summed E-state index contributed by atoms with van der Waals surface area (Å²) in [7, 11) is 0. The molecule has 32 heavy (non-hydrogen) atoms. The molecule has 1 aliphatic carbocycles. The molecule has 0 unspecified atom stereocenters. The number of ether oxygens (including phenoxy) is 1. The number of benzene rings is 2. The SMILES string of the molecule is CCOc1c(/C(C)=C/C(=O)NC2CCCCC2)cc2c(-c3ccc(F)cc3)coc2c1C. The number of hydrogen-bond acceptors (Lipinski definition) is 3. The number of fused-ring (bicyclic) bond motifs is 1. The fraction of sp³-hybridized carbons (Fsp3) is 0.370. The van der Waals surface area contributed by atoms with E-state index >= 15 is 0 Å². The molecule has 3 aromatic rings. The molecule has 1 aliphatic rings. The van der Waals surface area contributed by atoms with Crippen LogP contribution < -0.4 is 10.1 Å². The van der Waals surface area contributed by atoms with Gasteiger partial charge in [0.25, 0.3) is 0 Å². The summed E-state index contributed by atoms with van der Waals surface area (Å²) in [6.45, 7) is 6.34. The lowest BCUT2D eigenvalue weighted by molar-refractivity contribution is -0.117. The minimum Gasteiger partial charge on any atom is -0.493 e. The van der Waals surface area contributed by atoms with Gasteiger partial charge in [0.05, 0.1) is 12.9 Å². The predicted octanol–water partition coefficient (Wildman–Crippen LogP) is 6.80. The van der Waals surface area contributed by atoms with Crippen molar-refractivity contribution in [3.63, 3.8) is 0 Å². The normalized spacial score (nSPS) is 15.2. The number of furan rings is 1. The molecule has 1 N–H and O–H groups in total. The molecule has 0 atom stereocenters. The van der Waals surface area contributed by atoms with Gasteiger partial charge in [0.2, 0.25) is 5.91 Å². The highest BCUT2D eigenvalue weighted by molar-refractivity contribution is 6.01. The molecule has 0 saturated heterocycles. The summed E-state index contributed by atoms with van der Waals surface area (Å²) >= 11 is 0. The Morgan fingerprint density at radius 3 is 2.62 bits per heavy atom. The molecule has 4 rings (SSSR count).